The molecule has 0 amide bonds. The molecule has 1 saturated heterocycles. The number of likely N-dealkylation sites (N-methyl/N-ethyl adjacent to an activating group) is 1. The minimum Gasteiger partial charge on any atom is -0.310 e. The molecule has 0 spiro atoms. The Labute approximate surface area is 101 Å². The third-order valence-corrected chi connectivity index (χ3v) is 4.54. The maximum atomic E-state index is 3.64. The lowest BCUT2D eigenvalue weighted by Crippen LogP contribution is -2.41. The van der Waals surface area contributed by atoms with Gasteiger partial charge in [0.15, 0.2) is 0 Å². The van der Waals surface area contributed by atoms with Crippen LogP contribution in [0.1, 0.15) is 58.8 Å². The smallest absolute Gasteiger partial charge is 0.0238 e. The van der Waals surface area contributed by atoms with E-state index in [1.54, 1.807) is 0 Å². The summed E-state index contributed by atoms with van der Waals surface area (Å²) >= 11 is 0. The van der Waals surface area contributed by atoms with Gasteiger partial charge in [-0.1, -0.05) is 25.7 Å². The van der Waals surface area contributed by atoms with Crippen molar-refractivity contribution >= 4 is 0 Å². The van der Waals surface area contributed by atoms with Crippen LogP contribution in [0.5, 0.6) is 0 Å². The van der Waals surface area contributed by atoms with Crippen LogP contribution in [0.2, 0.25) is 0 Å². The first kappa shape index (κ1) is 12.4. The number of rotatable bonds is 2. The summed E-state index contributed by atoms with van der Waals surface area (Å²) in [5, 5.41) is 3.64. The summed E-state index contributed by atoms with van der Waals surface area (Å²) in [7, 11) is 2.35. The Hall–Kier alpha value is -0.0800. The fourth-order valence-corrected chi connectivity index (χ4v) is 3.38. The fraction of sp³-hybridized carbons (Fsp3) is 1.00. The zero-order valence-electron chi connectivity index (χ0n) is 11.3. The minimum absolute atomic E-state index is 0.351. The first-order chi connectivity index (χ1) is 7.58. The number of nitrogens with zero attached hydrogens (tertiary/aromatic N) is 1. The zero-order valence-corrected chi connectivity index (χ0v) is 11.3. The normalized spacial score (nSPS) is 31.9. The molecule has 0 radical (unpaired) electrons. The molecule has 1 aliphatic carbocycles. The van der Waals surface area contributed by atoms with Crippen LogP contribution in [0.4, 0.5) is 0 Å². The molecular formula is C14H28N2. The van der Waals surface area contributed by atoms with Gasteiger partial charge in [0.05, 0.1) is 0 Å². The Balaban J connectivity index is 1.88. The van der Waals surface area contributed by atoms with E-state index in [0.717, 1.165) is 12.1 Å². The van der Waals surface area contributed by atoms with Crippen molar-refractivity contribution in [3.05, 3.63) is 0 Å². The van der Waals surface area contributed by atoms with Crippen molar-refractivity contribution in [3.8, 4) is 0 Å². The van der Waals surface area contributed by atoms with E-state index in [4.69, 9.17) is 0 Å². The van der Waals surface area contributed by atoms with Gasteiger partial charge >= 0.3 is 0 Å². The van der Waals surface area contributed by atoms with E-state index < -0.39 is 0 Å². The van der Waals surface area contributed by atoms with Crippen molar-refractivity contribution in [2.45, 2.75) is 76.4 Å². The lowest BCUT2D eigenvalue weighted by Gasteiger charge is -2.32. The Morgan fingerprint density at radius 3 is 2.12 bits per heavy atom. The van der Waals surface area contributed by atoms with E-state index in [9.17, 15) is 0 Å². The first-order valence-electron chi connectivity index (χ1n) is 7.05. The molecule has 2 rings (SSSR count). The molecule has 2 fully saturated rings. The lowest BCUT2D eigenvalue weighted by molar-refractivity contribution is 0.163. The number of nitrogens with one attached hydrogen (secondary N) is 1. The second-order valence-electron chi connectivity index (χ2n) is 6.43. The highest BCUT2D eigenvalue weighted by atomic mass is 15.2. The van der Waals surface area contributed by atoms with Crippen molar-refractivity contribution in [1.29, 1.82) is 0 Å². The Bertz CT molecular complexity index is 212. The molecule has 2 aliphatic rings. The van der Waals surface area contributed by atoms with Gasteiger partial charge in [0.25, 0.3) is 0 Å². The average molecular weight is 224 g/mol. The Morgan fingerprint density at radius 2 is 1.62 bits per heavy atom. The predicted molar refractivity (Wildman–Crippen MR) is 69.7 cm³/mol. The zero-order chi connectivity index (χ0) is 11.6. The van der Waals surface area contributed by atoms with E-state index in [2.05, 4.69) is 31.1 Å². The summed E-state index contributed by atoms with van der Waals surface area (Å²) in [5.41, 5.74) is 0.351. The van der Waals surface area contributed by atoms with Gasteiger partial charge < -0.3 is 5.32 Å². The third kappa shape index (κ3) is 2.98. The number of hydrogen-bond acceptors (Lipinski definition) is 2. The van der Waals surface area contributed by atoms with Crippen LogP contribution in [0.25, 0.3) is 0 Å². The maximum absolute atomic E-state index is 3.64. The molecule has 94 valence electrons. The molecule has 1 N–H and O–H groups in total. The topological polar surface area (TPSA) is 15.3 Å². The summed E-state index contributed by atoms with van der Waals surface area (Å²) in [6.45, 7) is 5.84. The highest BCUT2D eigenvalue weighted by Crippen LogP contribution is 2.27. The van der Waals surface area contributed by atoms with Gasteiger partial charge in [0, 0.05) is 24.2 Å². The van der Waals surface area contributed by atoms with Crippen LogP contribution in [-0.2, 0) is 0 Å². The van der Waals surface area contributed by atoms with Gasteiger partial charge in [-0.15, -0.1) is 0 Å². The van der Waals surface area contributed by atoms with Crippen LogP contribution in [-0.4, -0.2) is 36.1 Å². The van der Waals surface area contributed by atoms with Crippen LogP contribution in [0, 0.1) is 0 Å². The molecule has 16 heavy (non-hydrogen) atoms. The van der Waals surface area contributed by atoms with Crippen LogP contribution in [0.3, 0.4) is 0 Å². The SMILES string of the molecule is CN(C1CCCCCC1)C1CNC(C)(C)C1. The van der Waals surface area contributed by atoms with E-state index in [-0.39, 0.29) is 0 Å². The standard InChI is InChI=1S/C14H28N2/c1-14(2)10-13(11-15-14)16(3)12-8-6-4-5-7-9-12/h12-13,15H,4-11H2,1-3H3. The molecule has 2 heteroatoms. The molecule has 0 aromatic heterocycles. The summed E-state index contributed by atoms with van der Waals surface area (Å²) in [6.07, 6.45) is 9.95. The van der Waals surface area contributed by atoms with Crippen LogP contribution >= 0.6 is 0 Å². The molecule has 0 aromatic rings. The highest BCUT2D eigenvalue weighted by molar-refractivity contribution is 4.95. The second kappa shape index (κ2) is 5.05. The summed E-state index contributed by atoms with van der Waals surface area (Å²) in [5.74, 6) is 0. The Kier molecular flexibility index (Phi) is 3.91. The van der Waals surface area contributed by atoms with Gasteiger partial charge in [0.2, 0.25) is 0 Å². The van der Waals surface area contributed by atoms with Gasteiger partial charge in [-0.05, 0) is 40.2 Å². The fourth-order valence-electron chi connectivity index (χ4n) is 3.38. The largest absolute Gasteiger partial charge is 0.310 e. The number of hydrogen-bond donors (Lipinski definition) is 1. The summed E-state index contributed by atoms with van der Waals surface area (Å²) in [4.78, 5) is 2.67. The summed E-state index contributed by atoms with van der Waals surface area (Å²) in [6, 6.07) is 1.61. The average Bonchev–Trinajstić information content (AvgIpc) is 2.48. The monoisotopic (exact) mass is 224 g/mol. The molecule has 1 heterocycles. The predicted octanol–water partition coefficient (Wildman–Crippen LogP) is 2.78. The van der Waals surface area contributed by atoms with Gasteiger partial charge in [0.1, 0.15) is 0 Å². The minimum atomic E-state index is 0.351. The molecule has 0 bridgehead atoms. The van der Waals surface area contributed by atoms with Crippen molar-refractivity contribution in [2.75, 3.05) is 13.6 Å². The first-order valence-corrected chi connectivity index (χ1v) is 7.05. The van der Waals surface area contributed by atoms with Crippen molar-refractivity contribution < 1.29 is 0 Å². The quantitative estimate of drug-likeness (QED) is 0.726. The van der Waals surface area contributed by atoms with Crippen LogP contribution < -0.4 is 5.32 Å². The molecule has 1 aliphatic heterocycles. The van der Waals surface area contributed by atoms with Crippen LogP contribution in [0.15, 0.2) is 0 Å². The highest BCUT2D eigenvalue weighted by Gasteiger charge is 2.34. The van der Waals surface area contributed by atoms with E-state index in [0.29, 0.717) is 5.54 Å². The van der Waals surface area contributed by atoms with Gasteiger partial charge in [-0.3, -0.25) is 4.90 Å². The second-order valence-corrected chi connectivity index (χ2v) is 6.43. The van der Waals surface area contributed by atoms with Crippen molar-refractivity contribution in [3.63, 3.8) is 0 Å². The van der Waals surface area contributed by atoms with Gasteiger partial charge in [-0.2, -0.15) is 0 Å². The van der Waals surface area contributed by atoms with Gasteiger partial charge in [-0.25, -0.2) is 0 Å². The molecular weight excluding hydrogens is 196 g/mol. The molecule has 1 unspecified atom stereocenters. The van der Waals surface area contributed by atoms with Crippen molar-refractivity contribution in [1.82, 2.24) is 10.2 Å². The maximum Gasteiger partial charge on any atom is 0.0238 e. The third-order valence-electron chi connectivity index (χ3n) is 4.54. The van der Waals surface area contributed by atoms with E-state index in [1.165, 1.54) is 51.5 Å². The lowest BCUT2D eigenvalue weighted by atomic mass is 9.98. The summed E-state index contributed by atoms with van der Waals surface area (Å²) < 4.78 is 0. The van der Waals surface area contributed by atoms with Crippen molar-refractivity contribution in [2.24, 2.45) is 0 Å². The van der Waals surface area contributed by atoms with E-state index in [1.807, 2.05) is 0 Å². The van der Waals surface area contributed by atoms with E-state index >= 15 is 0 Å². The Morgan fingerprint density at radius 1 is 1.00 bits per heavy atom. The molecule has 2 nitrogen and oxygen atoms in total. The molecule has 1 saturated carbocycles. The molecule has 1 atom stereocenters. The molecule has 0 aromatic carbocycles.